The summed E-state index contributed by atoms with van der Waals surface area (Å²) in [7, 11) is -4.03. The maximum absolute atomic E-state index is 10.8. The number of rotatable bonds is 2. The van der Waals surface area contributed by atoms with Crippen LogP contribution in [0, 0.1) is 0 Å². The number of hydrogen-bond donors (Lipinski definition) is 2. The molecule has 0 aromatic carbocycles. The second-order valence-electron chi connectivity index (χ2n) is 2.86. The van der Waals surface area contributed by atoms with Gasteiger partial charge >= 0.3 is 0 Å². The second-order valence-corrected chi connectivity index (χ2v) is 4.43. The monoisotopic (exact) mass is 195 g/mol. The molecule has 0 bridgehead atoms. The first-order valence-corrected chi connectivity index (χ1v) is 5.37. The summed E-state index contributed by atoms with van der Waals surface area (Å²) in [6.45, 7) is 2.17. The van der Waals surface area contributed by atoms with E-state index in [-0.39, 0.29) is 0 Å². The normalized spacial score (nSPS) is 32.6. The number of nitrogens with zero attached hydrogens (tertiary/aromatic N) is 1. The van der Waals surface area contributed by atoms with Crippen LogP contribution >= 0.6 is 0 Å². The van der Waals surface area contributed by atoms with Crippen molar-refractivity contribution in [3.8, 4) is 0 Å². The minimum Gasteiger partial charge on any atom is -0.378 e. The molecule has 2 unspecified atom stereocenters. The fourth-order valence-electron chi connectivity index (χ4n) is 1.55. The molecule has 2 atom stereocenters. The highest BCUT2D eigenvalue weighted by atomic mass is 32.2. The van der Waals surface area contributed by atoms with Gasteiger partial charge in [-0.05, 0) is 19.4 Å². The molecular formula is C6H13NO4S. The molecule has 2 N–H and O–H groups in total. The molecular weight excluding hydrogens is 182 g/mol. The molecule has 12 heavy (non-hydrogen) atoms. The van der Waals surface area contributed by atoms with Crippen molar-refractivity contribution in [2.45, 2.75) is 31.4 Å². The molecule has 1 aliphatic heterocycles. The van der Waals surface area contributed by atoms with Crippen LogP contribution in [0.15, 0.2) is 0 Å². The number of aliphatic hydroxyl groups excluding tert-OH is 1. The van der Waals surface area contributed by atoms with E-state index in [1.807, 2.05) is 0 Å². The van der Waals surface area contributed by atoms with E-state index in [1.54, 1.807) is 6.92 Å². The van der Waals surface area contributed by atoms with Crippen LogP contribution in [0.2, 0.25) is 0 Å². The third-order valence-electron chi connectivity index (χ3n) is 2.13. The molecule has 0 aliphatic carbocycles. The van der Waals surface area contributed by atoms with Crippen molar-refractivity contribution in [2.75, 3.05) is 6.54 Å². The van der Waals surface area contributed by atoms with Crippen LogP contribution in [0.5, 0.6) is 0 Å². The van der Waals surface area contributed by atoms with E-state index in [0.29, 0.717) is 19.4 Å². The summed E-state index contributed by atoms with van der Waals surface area (Å²) in [4.78, 5) is 1.37. The Morgan fingerprint density at radius 3 is 2.42 bits per heavy atom. The Labute approximate surface area is 71.7 Å². The Bertz CT molecular complexity index is 250. The molecule has 5 nitrogen and oxygen atoms in total. The summed E-state index contributed by atoms with van der Waals surface area (Å²) in [5.41, 5.74) is 0. The summed E-state index contributed by atoms with van der Waals surface area (Å²) < 4.78 is 30.3. The fourth-order valence-corrected chi connectivity index (χ4v) is 2.62. The van der Waals surface area contributed by atoms with Crippen LogP contribution in [0.1, 0.15) is 19.8 Å². The van der Waals surface area contributed by atoms with Crippen LogP contribution in [0.25, 0.3) is 0 Å². The number of likely N-dealkylation sites (tertiary alicyclic amines) is 1. The Hall–Kier alpha value is -0.170. The third kappa shape index (κ3) is 1.77. The van der Waals surface area contributed by atoms with E-state index < -0.39 is 21.7 Å². The first-order valence-electron chi connectivity index (χ1n) is 3.87. The molecule has 1 fully saturated rings. The molecule has 1 heterocycles. The lowest BCUT2D eigenvalue weighted by molar-refractivity contribution is 0.0338. The van der Waals surface area contributed by atoms with Gasteiger partial charge in [-0.15, -0.1) is 0 Å². The van der Waals surface area contributed by atoms with Gasteiger partial charge in [-0.3, -0.25) is 9.45 Å². The largest absolute Gasteiger partial charge is 0.378 e. The van der Waals surface area contributed by atoms with E-state index in [4.69, 9.17) is 4.55 Å². The van der Waals surface area contributed by atoms with Crippen LogP contribution in [0.3, 0.4) is 0 Å². The smallest absolute Gasteiger partial charge is 0.281 e. The van der Waals surface area contributed by atoms with Gasteiger partial charge in [-0.2, -0.15) is 8.42 Å². The Kier molecular flexibility index (Phi) is 2.72. The highest BCUT2D eigenvalue weighted by molar-refractivity contribution is 7.86. The summed E-state index contributed by atoms with van der Waals surface area (Å²) in [6.07, 6.45) is -0.0338. The maximum Gasteiger partial charge on any atom is 0.281 e. The lowest BCUT2D eigenvalue weighted by Gasteiger charge is -2.22. The molecule has 1 rings (SSSR count). The van der Waals surface area contributed by atoms with Gasteiger partial charge in [-0.1, -0.05) is 6.92 Å². The van der Waals surface area contributed by atoms with Crippen molar-refractivity contribution in [1.82, 2.24) is 4.90 Å². The first kappa shape index (κ1) is 9.91. The number of hydrogen-bond acceptors (Lipinski definition) is 4. The van der Waals surface area contributed by atoms with Gasteiger partial charge in [0.25, 0.3) is 10.1 Å². The molecule has 0 spiro atoms. The van der Waals surface area contributed by atoms with Crippen molar-refractivity contribution in [3.63, 3.8) is 0 Å². The van der Waals surface area contributed by atoms with Gasteiger partial charge in [0.15, 0.2) is 0 Å². The third-order valence-corrected chi connectivity index (χ3v) is 3.33. The Morgan fingerprint density at radius 1 is 1.50 bits per heavy atom. The van der Waals surface area contributed by atoms with E-state index in [1.165, 1.54) is 4.90 Å². The van der Waals surface area contributed by atoms with E-state index in [2.05, 4.69) is 0 Å². The average molecular weight is 195 g/mol. The second kappa shape index (κ2) is 3.29. The van der Waals surface area contributed by atoms with Gasteiger partial charge in [0, 0.05) is 0 Å². The van der Waals surface area contributed by atoms with Crippen LogP contribution in [0.4, 0.5) is 0 Å². The molecule has 0 aromatic rings. The van der Waals surface area contributed by atoms with Crippen LogP contribution in [-0.4, -0.2) is 41.1 Å². The van der Waals surface area contributed by atoms with E-state index in [9.17, 15) is 13.5 Å². The zero-order chi connectivity index (χ0) is 9.35. The predicted molar refractivity (Wildman–Crippen MR) is 43.0 cm³/mol. The zero-order valence-electron chi connectivity index (χ0n) is 6.84. The zero-order valence-corrected chi connectivity index (χ0v) is 7.66. The summed E-state index contributed by atoms with van der Waals surface area (Å²) in [5.74, 6) is 0. The quantitative estimate of drug-likeness (QED) is 0.588. The topological polar surface area (TPSA) is 77.8 Å². The fraction of sp³-hybridized carbons (Fsp3) is 1.00. The van der Waals surface area contributed by atoms with Gasteiger partial charge in [0.2, 0.25) is 0 Å². The molecule has 1 aliphatic rings. The van der Waals surface area contributed by atoms with Crippen molar-refractivity contribution in [3.05, 3.63) is 0 Å². The summed E-state index contributed by atoms with van der Waals surface area (Å²) in [6, 6.07) is 0. The van der Waals surface area contributed by atoms with E-state index >= 15 is 0 Å². The van der Waals surface area contributed by atoms with Gasteiger partial charge in [-0.25, -0.2) is 0 Å². The highest BCUT2D eigenvalue weighted by Gasteiger charge is 2.38. The molecule has 6 heteroatoms. The van der Waals surface area contributed by atoms with Gasteiger partial charge in [0.1, 0.15) is 11.6 Å². The number of aliphatic hydroxyl groups is 1. The Balaban J connectivity index is 2.81. The lowest BCUT2D eigenvalue weighted by Crippen LogP contribution is -2.40. The summed E-state index contributed by atoms with van der Waals surface area (Å²) in [5, 5.41) is 8.35. The molecule has 0 amide bonds. The first-order chi connectivity index (χ1) is 5.46. The van der Waals surface area contributed by atoms with Crippen molar-refractivity contribution >= 4 is 10.1 Å². The molecule has 1 saturated heterocycles. The predicted octanol–water partition coefficient (Wildman–Crippen LogP) is -0.366. The molecule has 72 valence electrons. The SMILES string of the molecule is CCN1C(O)CCC1S(=O)(=O)O. The molecule has 0 aromatic heterocycles. The minimum absolute atomic E-state index is 0.299. The standard InChI is InChI=1S/C6H13NO4S/c1-2-7-5(8)3-4-6(7)12(9,10)11/h5-6,8H,2-4H2,1H3,(H,9,10,11). The minimum atomic E-state index is -4.03. The van der Waals surface area contributed by atoms with Crippen molar-refractivity contribution in [1.29, 1.82) is 0 Å². The van der Waals surface area contributed by atoms with E-state index in [0.717, 1.165) is 0 Å². The lowest BCUT2D eigenvalue weighted by atomic mass is 10.4. The van der Waals surface area contributed by atoms with Crippen LogP contribution < -0.4 is 0 Å². The van der Waals surface area contributed by atoms with Crippen molar-refractivity contribution < 1.29 is 18.1 Å². The van der Waals surface area contributed by atoms with Crippen molar-refractivity contribution in [2.24, 2.45) is 0 Å². The maximum atomic E-state index is 10.8. The summed E-state index contributed by atoms with van der Waals surface area (Å²) >= 11 is 0. The van der Waals surface area contributed by atoms with Gasteiger partial charge in [0.05, 0.1) is 0 Å². The van der Waals surface area contributed by atoms with Gasteiger partial charge < -0.3 is 5.11 Å². The average Bonchev–Trinajstić information content (AvgIpc) is 2.29. The highest BCUT2D eigenvalue weighted by Crippen LogP contribution is 2.24. The van der Waals surface area contributed by atoms with Crippen LogP contribution in [-0.2, 0) is 10.1 Å². The Morgan fingerprint density at radius 2 is 2.08 bits per heavy atom. The molecule has 0 saturated carbocycles. The molecule has 0 radical (unpaired) electrons.